The maximum absolute atomic E-state index is 13.8. The molecule has 1 aliphatic heterocycles. The molecule has 0 aromatic heterocycles. The summed E-state index contributed by atoms with van der Waals surface area (Å²) in [5, 5.41) is 15.3. The SMILES string of the molecule is CCC(C)C(O)CNC(=O)NC1CCN(c2c(F)cccc2F)C1. The fraction of sp³-hybridized carbons (Fsp3) is 0.588. The van der Waals surface area contributed by atoms with Gasteiger partial charge in [-0.05, 0) is 24.5 Å². The third-order valence-electron chi connectivity index (χ3n) is 4.55. The van der Waals surface area contributed by atoms with Crippen molar-refractivity contribution >= 4 is 11.7 Å². The molecule has 134 valence electrons. The van der Waals surface area contributed by atoms with Crippen LogP contribution in [0.5, 0.6) is 0 Å². The Morgan fingerprint density at radius 2 is 2.08 bits per heavy atom. The Hall–Kier alpha value is -1.89. The van der Waals surface area contributed by atoms with E-state index in [2.05, 4.69) is 10.6 Å². The van der Waals surface area contributed by atoms with Crippen molar-refractivity contribution in [2.24, 2.45) is 5.92 Å². The second-order valence-electron chi connectivity index (χ2n) is 6.31. The first-order valence-corrected chi connectivity index (χ1v) is 8.33. The summed E-state index contributed by atoms with van der Waals surface area (Å²) in [7, 11) is 0. The number of hydrogen-bond donors (Lipinski definition) is 3. The highest BCUT2D eigenvalue weighted by atomic mass is 19.1. The number of halogens is 2. The van der Waals surface area contributed by atoms with Crippen LogP contribution in [0.4, 0.5) is 19.3 Å². The number of anilines is 1. The summed E-state index contributed by atoms with van der Waals surface area (Å²) in [6.45, 7) is 4.89. The number of benzene rings is 1. The molecule has 1 aromatic carbocycles. The number of carbonyl (C=O) groups excluding carboxylic acids is 1. The lowest BCUT2D eigenvalue weighted by Gasteiger charge is -2.21. The van der Waals surface area contributed by atoms with Crippen molar-refractivity contribution in [1.29, 1.82) is 0 Å². The normalized spacial score (nSPS) is 19.9. The van der Waals surface area contributed by atoms with E-state index in [1.165, 1.54) is 18.2 Å². The molecule has 2 rings (SSSR count). The van der Waals surface area contributed by atoms with Gasteiger partial charge in [-0.2, -0.15) is 0 Å². The average molecular weight is 341 g/mol. The Bertz CT molecular complexity index is 551. The van der Waals surface area contributed by atoms with E-state index in [1.54, 1.807) is 4.90 Å². The van der Waals surface area contributed by atoms with E-state index in [-0.39, 0.29) is 30.2 Å². The molecule has 0 aliphatic carbocycles. The van der Waals surface area contributed by atoms with Crippen molar-refractivity contribution < 1.29 is 18.7 Å². The molecule has 1 fully saturated rings. The van der Waals surface area contributed by atoms with Crippen molar-refractivity contribution in [1.82, 2.24) is 10.6 Å². The van der Waals surface area contributed by atoms with Gasteiger partial charge in [-0.15, -0.1) is 0 Å². The zero-order valence-electron chi connectivity index (χ0n) is 14.1. The van der Waals surface area contributed by atoms with Crippen LogP contribution in [0.2, 0.25) is 0 Å². The van der Waals surface area contributed by atoms with E-state index in [1.807, 2.05) is 13.8 Å². The highest BCUT2D eigenvalue weighted by molar-refractivity contribution is 5.74. The second-order valence-corrected chi connectivity index (χ2v) is 6.31. The number of nitrogens with one attached hydrogen (secondary N) is 2. The van der Waals surface area contributed by atoms with Gasteiger partial charge in [0.05, 0.1) is 6.10 Å². The summed E-state index contributed by atoms with van der Waals surface area (Å²) in [5.74, 6) is -1.09. The number of aliphatic hydroxyl groups excluding tert-OH is 1. The minimum Gasteiger partial charge on any atom is -0.391 e. The van der Waals surface area contributed by atoms with Gasteiger partial charge in [-0.1, -0.05) is 26.3 Å². The monoisotopic (exact) mass is 341 g/mol. The average Bonchev–Trinajstić information content (AvgIpc) is 2.99. The number of hydrogen-bond acceptors (Lipinski definition) is 3. The molecule has 0 bridgehead atoms. The highest BCUT2D eigenvalue weighted by Crippen LogP contribution is 2.26. The Morgan fingerprint density at radius 3 is 2.71 bits per heavy atom. The molecule has 0 spiro atoms. The lowest BCUT2D eigenvalue weighted by atomic mass is 10.0. The van der Waals surface area contributed by atoms with E-state index >= 15 is 0 Å². The van der Waals surface area contributed by atoms with E-state index in [0.29, 0.717) is 19.5 Å². The first-order valence-electron chi connectivity index (χ1n) is 8.33. The number of carbonyl (C=O) groups is 1. The van der Waals surface area contributed by atoms with Crippen LogP contribution < -0.4 is 15.5 Å². The molecule has 3 unspecified atom stereocenters. The van der Waals surface area contributed by atoms with Crippen LogP contribution in [0.25, 0.3) is 0 Å². The molecule has 3 N–H and O–H groups in total. The zero-order chi connectivity index (χ0) is 17.7. The first-order chi connectivity index (χ1) is 11.4. The van der Waals surface area contributed by atoms with Gasteiger partial charge in [0.2, 0.25) is 0 Å². The maximum Gasteiger partial charge on any atom is 0.315 e. The minimum atomic E-state index is -0.600. The van der Waals surface area contributed by atoms with Crippen LogP contribution in [0.3, 0.4) is 0 Å². The van der Waals surface area contributed by atoms with Gasteiger partial charge >= 0.3 is 6.03 Å². The molecule has 1 aromatic rings. The van der Waals surface area contributed by atoms with E-state index in [0.717, 1.165) is 6.42 Å². The third-order valence-corrected chi connectivity index (χ3v) is 4.55. The summed E-state index contributed by atoms with van der Waals surface area (Å²) in [6, 6.07) is 3.21. The second kappa shape index (κ2) is 8.28. The van der Waals surface area contributed by atoms with Gasteiger partial charge in [0.15, 0.2) is 0 Å². The fourth-order valence-corrected chi connectivity index (χ4v) is 2.78. The van der Waals surface area contributed by atoms with Crippen LogP contribution in [0.1, 0.15) is 26.7 Å². The molecule has 2 amide bonds. The van der Waals surface area contributed by atoms with Crippen LogP contribution >= 0.6 is 0 Å². The van der Waals surface area contributed by atoms with Gasteiger partial charge in [0.1, 0.15) is 17.3 Å². The van der Waals surface area contributed by atoms with Crippen molar-refractivity contribution in [2.45, 2.75) is 38.8 Å². The number of rotatable bonds is 6. The topological polar surface area (TPSA) is 64.6 Å². The van der Waals surface area contributed by atoms with Crippen molar-refractivity contribution in [3.8, 4) is 0 Å². The molecule has 3 atom stereocenters. The van der Waals surface area contributed by atoms with Crippen LogP contribution in [0, 0.1) is 17.6 Å². The standard InChI is InChI=1S/C17H25F2N3O2/c1-3-11(2)15(23)9-20-17(24)21-12-7-8-22(10-12)16-13(18)5-4-6-14(16)19/h4-6,11-12,15,23H,3,7-10H2,1-2H3,(H2,20,21,24). The van der Waals surface area contributed by atoms with E-state index in [9.17, 15) is 18.7 Å². The summed E-state index contributed by atoms with van der Waals surface area (Å²) in [5.41, 5.74) is -0.0469. The van der Waals surface area contributed by atoms with Crippen LogP contribution in [-0.2, 0) is 0 Å². The summed E-state index contributed by atoms with van der Waals surface area (Å²) < 4.78 is 27.6. The molecule has 24 heavy (non-hydrogen) atoms. The quantitative estimate of drug-likeness (QED) is 0.744. The van der Waals surface area contributed by atoms with E-state index in [4.69, 9.17) is 0 Å². The maximum atomic E-state index is 13.8. The minimum absolute atomic E-state index is 0.0469. The molecule has 7 heteroatoms. The molecule has 1 aliphatic rings. The predicted octanol–water partition coefficient (Wildman–Crippen LogP) is 2.25. The van der Waals surface area contributed by atoms with Crippen LogP contribution in [0.15, 0.2) is 18.2 Å². The van der Waals surface area contributed by atoms with Crippen molar-refractivity contribution in [2.75, 3.05) is 24.5 Å². The number of nitrogens with zero attached hydrogens (tertiary/aromatic N) is 1. The largest absolute Gasteiger partial charge is 0.391 e. The molecule has 5 nitrogen and oxygen atoms in total. The first kappa shape index (κ1) is 18.4. The molecule has 0 radical (unpaired) electrons. The van der Waals surface area contributed by atoms with E-state index < -0.39 is 17.7 Å². The van der Waals surface area contributed by atoms with Gasteiger partial charge in [-0.25, -0.2) is 13.6 Å². The van der Waals surface area contributed by atoms with Gasteiger partial charge < -0.3 is 20.6 Å². The molecular formula is C17H25F2N3O2. The van der Waals surface area contributed by atoms with Crippen LogP contribution in [-0.4, -0.2) is 42.9 Å². The lowest BCUT2D eigenvalue weighted by Crippen LogP contribution is -2.46. The number of para-hydroxylation sites is 1. The van der Waals surface area contributed by atoms with Gasteiger partial charge in [0.25, 0.3) is 0 Å². The Labute approximate surface area is 141 Å². The summed E-state index contributed by atoms with van der Waals surface area (Å²) in [4.78, 5) is 13.5. The molecule has 1 saturated heterocycles. The Morgan fingerprint density at radius 1 is 1.42 bits per heavy atom. The fourth-order valence-electron chi connectivity index (χ4n) is 2.78. The molecule has 1 heterocycles. The van der Waals surface area contributed by atoms with Gasteiger partial charge in [0, 0.05) is 25.7 Å². The summed E-state index contributed by atoms with van der Waals surface area (Å²) >= 11 is 0. The zero-order valence-corrected chi connectivity index (χ0v) is 14.1. The number of amides is 2. The Balaban J connectivity index is 1.82. The molecule has 0 saturated carbocycles. The highest BCUT2D eigenvalue weighted by Gasteiger charge is 2.27. The number of aliphatic hydroxyl groups is 1. The third kappa shape index (κ3) is 4.56. The van der Waals surface area contributed by atoms with Gasteiger partial charge in [-0.3, -0.25) is 0 Å². The number of urea groups is 1. The Kier molecular flexibility index (Phi) is 6.36. The van der Waals surface area contributed by atoms with Crippen molar-refractivity contribution in [3.05, 3.63) is 29.8 Å². The van der Waals surface area contributed by atoms with Crippen molar-refractivity contribution in [3.63, 3.8) is 0 Å². The molecular weight excluding hydrogens is 316 g/mol. The smallest absolute Gasteiger partial charge is 0.315 e. The lowest BCUT2D eigenvalue weighted by molar-refractivity contribution is 0.114. The summed E-state index contributed by atoms with van der Waals surface area (Å²) in [6.07, 6.45) is 0.846. The predicted molar refractivity (Wildman–Crippen MR) is 89.0 cm³/mol.